The molecule has 104 valence electrons. The summed E-state index contributed by atoms with van der Waals surface area (Å²) in [6, 6.07) is 3.06. The lowest BCUT2D eigenvalue weighted by molar-refractivity contribution is 0.0989. The molecule has 0 aliphatic carbocycles. The first-order valence-electron chi connectivity index (χ1n) is 7.30. The Bertz CT molecular complexity index is 253. The lowest BCUT2D eigenvalue weighted by atomic mass is 10.1. The lowest BCUT2D eigenvalue weighted by Crippen LogP contribution is -2.50. The number of piperazine rings is 1. The molecule has 1 heterocycles. The summed E-state index contributed by atoms with van der Waals surface area (Å²) in [6.45, 7) is 13.2. The highest BCUT2D eigenvalue weighted by Crippen LogP contribution is 2.09. The molecule has 0 aromatic heterocycles. The summed E-state index contributed by atoms with van der Waals surface area (Å²) in [5, 5.41) is 12.2. The van der Waals surface area contributed by atoms with Gasteiger partial charge in [0.25, 0.3) is 0 Å². The van der Waals surface area contributed by atoms with Gasteiger partial charge >= 0.3 is 0 Å². The lowest BCUT2D eigenvalue weighted by Gasteiger charge is -2.38. The molecule has 1 rings (SSSR count). The molecule has 0 aromatic rings. The van der Waals surface area contributed by atoms with E-state index in [-0.39, 0.29) is 6.04 Å². The van der Waals surface area contributed by atoms with E-state index in [9.17, 15) is 0 Å². The van der Waals surface area contributed by atoms with E-state index in [2.05, 4.69) is 42.0 Å². The van der Waals surface area contributed by atoms with Gasteiger partial charge in [0.1, 0.15) is 0 Å². The summed E-state index contributed by atoms with van der Waals surface area (Å²) in [6.07, 6.45) is 2.17. The highest BCUT2D eigenvalue weighted by molar-refractivity contribution is 4.90. The second-order valence-corrected chi connectivity index (χ2v) is 5.16. The van der Waals surface area contributed by atoms with E-state index in [0.717, 1.165) is 32.6 Å². The van der Waals surface area contributed by atoms with E-state index < -0.39 is 0 Å². The van der Waals surface area contributed by atoms with Crippen molar-refractivity contribution in [2.24, 2.45) is 0 Å². The maximum atomic E-state index is 8.99. The Labute approximate surface area is 112 Å². The average molecular weight is 252 g/mol. The molecule has 4 nitrogen and oxygen atoms in total. The topological polar surface area (TPSA) is 42.3 Å². The molecular weight excluding hydrogens is 224 g/mol. The van der Waals surface area contributed by atoms with E-state index in [1.807, 2.05) is 0 Å². The van der Waals surface area contributed by atoms with Crippen LogP contribution in [0, 0.1) is 11.3 Å². The van der Waals surface area contributed by atoms with Crippen LogP contribution in [0.25, 0.3) is 0 Å². The monoisotopic (exact) mass is 252 g/mol. The quantitative estimate of drug-likeness (QED) is 0.741. The van der Waals surface area contributed by atoms with Crippen molar-refractivity contribution in [1.82, 2.24) is 15.1 Å². The van der Waals surface area contributed by atoms with Gasteiger partial charge < -0.3 is 10.2 Å². The fourth-order valence-corrected chi connectivity index (χ4v) is 2.46. The fraction of sp³-hybridized carbons (Fsp3) is 0.929. The Morgan fingerprint density at radius 3 is 2.39 bits per heavy atom. The summed E-state index contributed by atoms with van der Waals surface area (Å²) in [5.41, 5.74) is 0. The Balaban J connectivity index is 2.21. The smallest absolute Gasteiger partial charge is 0.0965 e. The normalized spacial score (nSPS) is 21.4. The minimum atomic E-state index is 0.0163. The van der Waals surface area contributed by atoms with Crippen molar-refractivity contribution < 1.29 is 0 Å². The molecule has 0 aromatic carbocycles. The number of hydrogen-bond acceptors (Lipinski definition) is 4. The van der Waals surface area contributed by atoms with E-state index in [4.69, 9.17) is 5.26 Å². The third kappa shape index (κ3) is 4.93. The van der Waals surface area contributed by atoms with Crippen LogP contribution in [0.3, 0.4) is 0 Å². The molecule has 0 radical (unpaired) electrons. The summed E-state index contributed by atoms with van der Waals surface area (Å²) in [7, 11) is 0. The van der Waals surface area contributed by atoms with Gasteiger partial charge in [-0.25, -0.2) is 0 Å². The van der Waals surface area contributed by atoms with E-state index in [1.165, 1.54) is 19.5 Å². The molecule has 1 aliphatic rings. The second-order valence-electron chi connectivity index (χ2n) is 5.16. The van der Waals surface area contributed by atoms with Crippen LogP contribution in [0.5, 0.6) is 0 Å². The molecule has 2 unspecified atom stereocenters. The van der Waals surface area contributed by atoms with Gasteiger partial charge in [0.05, 0.1) is 12.1 Å². The zero-order valence-electron chi connectivity index (χ0n) is 12.2. The number of rotatable bonds is 7. The predicted molar refractivity (Wildman–Crippen MR) is 75.5 cm³/mol. The van der Waals surface area contributed by atoms with Crippen molar-refractivity contribution >= 4 is 0 Å². The Kier molecular flexibility index (Phi) is 7.26. The largest absolute Gasteiger partial charge is 0.302 e. The van der Waals surface area contributed by atoms with Crippen molar-refractivity contribution in [3.8, 4) is 6.07 Å². The maximum Gasteiger partial charge on any atom is 0.0965 e. The van der Waals surface area contributed by atoms with Gasteiger partial charge in [-0.15, -0.1) is 0 Å². The van der Waals surface area contributed by atoms with Gasteiger partial charge in [-0.3, -0.25) is 4.90 Å². The van der Waals surface area contributed by atoms with E-state index in [1.54, 1.807) is 0 Å². The van der Waals surface area contributed by atoms with Crippen molar-refractivity contribution in [3.63, 3.8) is 0 Å². The first-order chi connectivity index (χ1) is 8.71. The number of nitrogens with zero attached hydrogens (tertiary/aromatic N) is 3. The van der Waals surface area contributed by atoms with Crippen LogP contribution >= 0.6 is 0 Å². The third-order valence-corrected chi connectivity index (χ3v) is 3.96. The first kappa shape index (κ1) is 15.4. The van der Waals surface area contributed by atoms with Crippen molar-refractivity contribution in [2.75, 3.05) is 39.3 Å². The van der Waals surface area contributed by atoms with Gasteiger partial charge in [-0.1, -0.05) is 13.8 Å². The number of hydrogen-bond donors (Lipinski definition) is 1. The molecule has 1 fully saturated rings. The zero-order valence-corrected chi connectivity index (χ0v) is 12.2. The Hall–Kier alpha value is -0.630. The number of nitrogens with one attached hydrogen (secondary N) is 1. The minimum Gasteiger partial charge on any atom is -0.302 e. The molecule has 0 bridgehead atoms. The summed E-state index contributed by atoms with van der Waals surface area (Å²) < 4.78 is 0. The van der Waals surface area contributed by atoms with Crippen molar-refractivity contribution in [2.45, 2.75) is 45.7 Å². The van der Waals surface area contributed by atoms with Crippen LogP contribution in [0.1, 0.15) is 33.6 Å². The van der Waals surface area contributed by atoms with Crippen LogP contribution in [-0.2, 0) is 0 Å². The molecular formula is C14H28N4. The zero-order chi connectivity index (χ0) is 13.4. The van der Waals surface area contributed by atoms with Gasteiger partial charge in [-0.05, 0) is 26.3 Å². The SMILES string of the molecule is CCNC(C#N)CCN1CCN(C(C)CC)CC1. The number of nitriles is 1. The average Bonchev–Trinajstić information content (AvgIpc) is 2.43. The summed E-state index contributed by atoms with van der Waals surface area (Å²) in [4.78, 5) is 5.06. The van der Waals surface area contributed by atoms with Crippen LogP contribution in [0.15, 0.2) is 0 Å². The van der Waals surface area contributed by atoms with Crippen LogP contribution in [0.4, 0.5) is 0 Å². The van der Waals surface area contributed by atoms with Crippen LogP contribution in [0.2, 0.25) is 0 Å². The Morgan fingerprint density at radius 2 is 1.89 bits per heavy atom. The maximum absolute atomic E-state index is 8.99. The second kappa shape index (κ2) is 8.47. The molecule has 1 saturated heterocycles. The predicted octanol–water partition coefficient (Wildman–Crippen LogP) is 1.29. The Morgan fingerprint density at radius 1 is 1.22 bits per heavy atom. The third-order valence-electron chi connectivity index (χ3n) is 3.96. The van der Waals surface area contributed by atoms with Gasteiger partial charge in [0.15, 0.2) is 0 Å². The molecule has 0 spiro atoms. The molecule has 0 saturated carbocycles. The first-order valence-corrected chi connectivity index (χ1v) is 7.30. The van der Waals surface area contributed by atoms with Gasteiger partial charge in [-0.2, -0.15) is 5.26 Å². The van der Waals surface area contributed by atoms with Crippen LogP contribution < -0.4 is 5.32 Å². The highest BCUT2D eigenvalue weighted by atomic mass is 15.3. The van der Waals surface area contributed by atoms with E-state index in [0.29, 0.717) is 6.04 Å². The molecule has 2 atom stereocenters. The molecule has 4 heteroatoms. The summed E-state index contributed by atoms with van der Waals surface area (Å²) in [5.74, 6) is 0. The van der Waals surface area contributed by atoms with E-state index >= 15 is 0 Å². The van der Waals surface area contributed by atoms with Gasteiger partial charge in [0, 0.05) is 38.8 Å². The molecule has 1 aliphatic heterocycles. The summed E-state index contributed by atoms with van der Waals surface area (Å²) >= 11 is 0. The standard InChI is InChI=1S/C14H28N4/c1-4-13(3)18-10-8-17(9-11-18)7-6-14(12-15)16-5-2/h13-14,16H,4-11H2,1-3H3. The van der Waals surface area contributed by atoms with Gasteiger partial charge in [0.2, 0.25) is 0 Å². The van der Waals surface area contributed by atoms with Crippen molar-refractivity contribution in [1.29, 1.82) is 5.26 Å². The molecule has 0 amide bonds. The molecule has 18 heavy (non-hydrogen) atoms. The van der Waals surface area contributed by atoms with Crippen LogP contribution in [-0.4, -0.2) is 61.2 Å². The minimum absolute atomic E-state index is 0.0163. The molecule has 1 N–H and O–H groups in total. The highest BCUT2D eigenvalue weighted by Gasteiger charge is 2.20. The fourth-order valence-electron chi connectivity index (χ4n) is 2.46. The van der Waals surface area contributed by atoms with Crippen molar-refractivity contribution in [3.05, 3.63) is 0 Å².